The Morgan fingerprint density at radius 2 is 1.84 bits per heavy atom. The van der Waals surface area contributed by atoms with Crippen molar-refractivity contribution in [3.05, 3.63) is 35.9 Å². The van der Waals surface area contributed by atoms with Gasteiger partial charge in [0, 0.05) is 5.92 Å². The second-order valence-electron chi connectivity index (χ2n) is 4.91. The van der Waals surface area contributed by atoms with E-state index in [0.717, 1.165) is 23.5 Å². The molecule has 0 radical (unpaired) electrons. The number of hydroxylamine groups is 2. The quantitative estimate of drug-likeness (QED) is 0.765. The van der Waals surface area contributed by atoms with E-state index in [4.69, 9.17) is 4.84 Å². The van der Waals surface area contributed by atoms with Crippen LogP contribution in [0.2, 0.25) is 0 Å². The summed E-state index contributed by atoms with van der Waals surface area (Å²) in [5.74, 6) is -0.925. The highest BCUT2D eigenvalue weighted by Gasteiger charge is 2.45. The fraction of sp³-hybridized carbons (Fsp3) is 0.467. The number of carbonyl (C=O) groups is 2. The Morgan fingerprint density at radius 3 is 2.47 bits per heavy atom. The second kappa shape index (κ2) is 5.97. The molecule has 4 nitrogen and oxygen atoms in total. The molecule has 2 unspecified atom stereocenters. The van der Waals surface area contributed by atoms with E-state index >= 15 is 0 Å². The molecule has 0 aliphatic carbocycles. The van der Waals surface area contributed by atoms with Crippen LogP contribution in [0, 0.1) is 11.8 Å². The standard InChI is InChI=1S/C15H19NO3/c1-3-7-13-11(2)14(17)16(15(13)18)19-10-12-8-5-4-6-9-12/h4-6,8-9,11,13H,3,7,10H2,1-2H3. The molecular weight excluding hydrogens is 242 g/mol. The summed E-state index contributed by atoms with van der Waals surface area (Å²) in [6.07, 6.45) is 1.62. The first-order valence-electron chi connectivity index (χ1n) is 6.69. The molecular formula is C15H19NO3. The van der Waals surface area contributed by atoms with Gasteiger partial charge < -0.3 is 0 Å². The number of amides is 2. The molecule has 2 amide bonds. The van der Waals surface area contributed by atoms with Gasteiger partial charge in [-0.2, -0.15) is 5.06 Å². The Balaban J connectivity index is 2.00. The molecule has 1 aromatic carbocycles. The van der Waals surface area contributed by atoms with Gasteiger partial charge in [0.25, 0.3) is 11.8 Å². The molecule has 1 aliphatic heterocycles. The summed E-state index contributed by atoms with van der Waals surface area (Å²) < 4.78 is 0. The Hall–Kier alpha value is -1.68. The van der Waals surface area contributed by atoms with Gasteiger partial charge in [0.2, 0.25) is 0 Å². The lowest BCUT2D eigenvalue weighted by Crippen LogP contribution is -2.31. The van der Waals surface area contributed by atoms with E-state index in [1.165, 1.54) is 0 Å². The molecule has 4 heteroatoms. The zero-order valence-electron chi connectivity index (χ0n) is 11.3. The van der Waals surface area contributed by atoms with E-state index in [1.54, 1.807) is 6.92 Å². The maximum absolute atomic E-state index is 12.1. The Kier molecular flexibility index (Phi) is 4.32. The van der Waals surface area contributed by atoms with Crippen molar-refractivity contribution in [1.82, 2.24) is 5.06 Å². The highest BCUT2D eigenvalue weighted by Crippen LogP contribution is 2.30. The van der Waals surface area contributed by atoms with E-state index in [1.807, 2.05) is 37.3 Å². The fourth-order valence-corrected chi connectivity index (χ4v) is 2.36. The monoisotopic (exact) mass is 261 g/mol. The normalized spacial score (nSPS) is 23.2. The zero-order valence-corrected chi connectivity index (χ0v) is 11.3. The van der Waals surface area contributed by atoms with Crippen molar-refractivity contribution in [2.24, 2.45) is 11.8 Å². The van der Waals surface area contributed by atoms with Gasteiger partial charge in [-0.25, -0.2) is 0 Å². The van der Waals surface area contributed by atoms with Crippen LogP contribution in [0.4, 0.5) is 0 Å². The molecule has 1 fully saturated rings. The van der Waals surface area contributed by atoms with Crippen molar-refractivity contribution in [3.8, 4) is 0 Å². The summed E-state index contributed by atoms with van der Waals surface area (Å²) in [6.45, 7) is 4.05. The van der Waals surface area contributed by atoms with Crippen LogP contribution >= 0.6 is 0 Å². The van der Waals surface area contributed by atoms with Crippen molar-refractivity contribution >= 4 is 11.8 Å². The van der Waals surface area contributed by atoms with Crippen molar-refractivity contribution in [1.29, 1.82) is 0 Å². The van der Waals surface area contributed by atoms with Crippen molar-refractivity contribution in [2.75, 3.05) is 0 Å². The minimum Gasteiger partial charge on any atom is -0.272 e. The van der Waals surface area contributed by atoms with Crippen LogP contribution in [0.25, 0.3) is 0 Å². The average molecular weight is 261 g/mol. The summed E-state index contributed by atoms with van der Waals surface area (Å²) >= 11 is 0. The van der Waals surface area contributed by atoms with E-state index in [2.05, 4.69) is 0 Å². The molecule has 0 spiro atoms. The highest BCUT2D eigenvalue weighted by molar-refractivity contribution is 6.03. The van der Waals surface area contributed by atoms with Gasteiger partial charge in [0.15, 0.2) is 0 Å². The molecule has 2 atom stereocenters. The Bertz CT molecular complexity index is 458. The molecule has 19 heavy (non-hydrogen) atoms. The SMILES string of the molecule is CCCC1C(=O)N(OCc2ccccc2)C(=O)C1C. The average Bonchev–Trinajstić information content (AvgIpc) is 2.63. The largest absolute Gasteiger partial charge is 0.272 e. The maximum Gasteiger partial charge on any atom is 0.257 e. The van der Waals surface area contributed by atoms with E-state index in [0.29, 0.717) is 0 Å². The second-order valence-corrected chi connectivity index (χ2v) is 4.91. The predicted molar refractivity (Wildman–Crippen MR) is 70.6 cm³/mol. The third kappa shape index (κ3) is 2.84. The van der Waals surface area contributed by atoms with Gasteiger partial charge >= 0.3 is 0 Å². The topological polar surface area (TPSA) is 46.6 Å². The van der Waals surface area contributed by atoms with Crippen LogP contribution < -0.4 is 0 Å². The lowest BCUT2D eigenvalue weighted by molar-refractivity contribution is -0.193. The lowest BCUT2D eigenvalue weighted by Gasteiger charge is -2.14. The predicted octanol–water partition coefficient (Wildman–Crippen LogP) is 2.54. The van der Waals surface area contributed by atoms with Crippen LogP contribution in [0.15, 0.2) is 30.3 Å². The molecule has 0 saturated carbocycles. The van der Waals surface area contributed by atoms with Crippen molar-refractivity contribution in [2.45, 2.75) is 33.3 Å². The van der Waals surface area contributed by atoms with E-state index in [9.17, 15) is 9.59 Å². The molecule has 2 rings (SSSR count). The number of nitrogens with zero attached hydrogens (tertiary/aromatic N) is 1. The third-order valence-electron chi connectivity index (χ3n) is 3.51. The molecule has 102 valence electrons. The Morgan fingerprint density at radius 1 is 1.16 bits per heavy atom. The fourth-order valence-electron chi connectivity index (χ4n) is 2.36. The highest BCUT2D eigenvalue weighted by atomic mass is 16.7. The number of carbonyl (C=O) groups excluding carboxylic acids is 2. The van der Waals surface area contributed by atoms with Gasteiger partial charge in [0.05, 0.1) is 5.92 Å². The van der Waals surface area contributed by atoms with E-state index < -0.39 is 0 Å². The number of benzene rings is 1. The maximum atomic E-state index is 12.1. The van der Waals surface area contributed by atoms with Crippen LogP contribution in [-0.4, -0.2) is 16.9 Å². The number of rotatable bonds is 5. The molecule has 1 aromatic rings. The molecule has 0 aromatic heterocycles. The Labute approximate surface area is 113 Å². The molecule has 1 aliphatic rings. The minimum absolute atomic E-state index is 0.199. The zero-order chi connectivity index (χ0) is 13.8. The van der Waals surface area contributed by atoms with Crippen LogP contribution in [0.1, 0.15) is 32.3 Å². The summed E-state index contributed by atoms with van der Waals surface area (Å²) in [4.78, 5) is 29.5. The van der Waals surface area contributed by atoms with Gasteiger partial charge in [-0.15, -0.1) is 0 Å². The molecule has 1 heterocycles. The van der Waals surface area contributed by atoms with Gasteiger partial charge in [-0.05, 0) is 12.0 Å². The summed E-state index contributed by atoms with van der Waals surface area (Å²) in [6, 6.07) is 9.51. The molecule has 1 saturated heterocycles. The number of hydrogen-bond acceptors (Lipinski definition) is 3. The van der Waals surface area contributed by atoms with Gasteiger partial charge in [-0.3, -0.25) is 14.4 Å². The molecule has 0 bridgehead atoms. The van der Waals surface area contributed by atoms with Gasteiger partial charge in [0.1, 0.15) is 6.61 Å². The van der Waals surface area contributed by atoms with Crippen LogP contribution in [0.5, 0.6) is 0 Å². The summed E-state index contributed by atoms with van der Waals surface area (Å²) in [5.41, 5.74) is 0.940. The summed E-state index contributed by atoms with van der Waals surface area (Å²) in [7, 11) is 0. The van der Waals surface area contributed by atoms with Crippen LogP contribution in [-0.2, 0) is 21.0 Å². The molecule has 0 N–H and O–H groups in total. The van der Waals surface area contributed by atoms with Crippen LogP contribution in [0.3, 0.4) is 0 Å². The van der Waals surface area contributed by atoms with Gasteiger partial charge in [-0.1, -0.05) is 50.6 Å². The smallest absolute Gasteiger partial charge is 0.257 e. The van der Waals surface area contributed by atoms with Crippen molar-refractivity contribution < 1.29 is 14.4 Å². The number of imide groups is 1. The third-order valence-corrected chi connectivity index (χ3v) is 3.51. The lowest BCUT2D eigenvalue weighted by atomic mass is 9.93. The van der Waals surface area contributed by atoms with E-state index in [-0.39, 0.29) is 30.3 Å². The first-order chi connectivity index (χ1) is 9.15. The summed E-state index contributed by atoms with van der Waals surface area (Å²) in [5, 5.41) is 0.956. The number of hydrogen-bond donors (Lipinski definition) is 0. The first-order valence-corrected chi connectivity index (χ1v) is 6.69. The minimum atomic E-state index is -0.275. The van der Waals surface area contributed by atoms with Crippen molar-refractivity contribution in [3.63, 3.8) is 0 Å². The first kappa shape index (κ1) is 13.7.